The third-order valence-electron chi connectivity index (χ3n) is 2.87. The number of aliphatic hydroxyl groups is 2. The highest BCUT2D eigenvalue weighted by Gasteiger charge is 2.52. The van der Waals surface area contributed by atoms with Crippen LogP contribution in [0.3, 0.4) is 0 Å². The first-order chi connectivity index (χ1) is 6.56. The zero-order valence-electron chi connectivity index (χ0n) is 8.10. The van der Waals surface area contributed by atoms with Crippen molar-refractivity contribution >= 4 is 0 Å². The minimum atomic E-state index is -1.49. The lowest BCUT2D eigenvalue weighted by Crippen LogP contribution is -2.45. The van der Waals surface area contributed by atoms with Gasteiger partial charge in [0.05, 0.1) is 6.61 Å². The Morgan fingerprint density at radius 1 is 1.21 bits per heavy atom. The first-order valence-electron chi connectivity index (χ1n) is 4.70. The maximum atomic E-state index is 10.3. The van der Waals surface area contributed by atoms with Crippen LogP contribution in [0.4, 0.5) is 0 Å². The molecule has 0 radical (unpaired) electrons. The van der Waals surface area contributed by atoms with Gasteiger partial charge in [-0.1, -0.05) is 30.3 Å². The van der Waals surface area contributed by atoms with Gasteiger partial charge in [0.1, 0.15) is 5.60 Å². The van der Waals surface area contributed by atoms with Gasteiger partial charge in [-0.05, 0) is 12.5 Å². The maximum Gasteiger partial charge on any atom is 0.196 e. The minimum absolute atomic E-state index is 0.373. The molecule has 76 valence electrons. The lowest BCUT2D eigenvalue weighted by molar-refractivity contribution is -0.246. The van der Waals surface area contributed by atoms with E-state index in [0.29, 0.717) is 18.6 Å². The van der Waals surface area contributed by atoms with E-state index in [-0.39, 0.29) is 0 Å². The summed E-state index contributed by atoms with van der Waals surface area (Å²) < 4.78 is 5.12. The Kier molecular flexibility index (Phi) is 2.10. The quantitative estimate of drug-likeness (QED) is 0.701. The van der Waals surface area contributed by atoms with Crippen molar-refractivity contribution in [2.24, 2.45) is 0 Å². The maximum absolute atomic E-state index is 10.3. The smallest absolute Gasteiger partial charge is 0.196 e. The Morgan fingerprint density at radius 3 is 2.36 bits per heavy atom. The van der Waals surface area contributed by atoms with Crippen molar-refractivity contribution in [2.75, 3.05) is 6.61 Å². The molecule has 0 aromatic heterocycles. The molecule has 3 nitrogen and oxygen atoms in total. The minimum Gasteiger partial charge on any atom is -0.379 e. The van der Waals surface area contributed by atoms with Crippen molar-refractivity contribution in [3.63, 3.8) is 0 Å². The molecule has 1 aromatic rings. The first-order valence-corrected chi connectivity index (χ1v) is 4.70. The summed E-state index contributed by atoms with van der Waals surface area (Å²) >= 11 is 0. The van der Waals surface area contributed by atoms with Gasteiger partial charge in [-0.25, -0.2) is 0 Å². The number of hydrogen-bond acceptors (Lipinski definition) is 3. The van der Waals surface area contributed by atoms with E-state index >= 15 is 0 Å². The largest absolute Gasteiger partial charge is 0.379 e. The van der Waals surface area contributed by atoms with Gasteiger partial charge in [0.15, 0.2) is 5.79 Å². The Morgan fingerprint density at radius 2 is 1.86 bits per heavy atom. The van der Waals surface area contributed by atoms with Gasteiger partial charge in [-0.15, -0.1) is 0 Å². The molecule has 0 spiro atoms. The molecule has 0 saturated carbocycles. The summed E-state index contributed by atoms with van der Waals surface area (Å²) in [6.45, 7) is 1.87. The summed E-state index contributed by atoms with van der Waals surface area (Å²) in [6.07, 6.45) is 0.421. The highest BCUT2D eigenvalue weighted by atomic mass is 16.6. The van der Waals surface area contributed by atoms with Gasteiger partial charge in [-0.3, -0.25) is 0 Å². The topological polar surface area (TPSA) is 49.7 Å². The summed E-state index contributed by atoms with van der Waals surface area (Å²) in [7, 11) is 0. The molecule has 2 N–H and O–H groups in total. The Hall–Kier alpha value is -0.900. The molecular formula is C11H14O3. The molecule has 0 bridgehead atoms. The van der Waals surface area contributed by atoms with Crippen LogP contribution in [0.2, 0.25) is 0 Å². The fourth-order valence-electron chi connectivity index (χ4n) is 1.87. The van der Waals surface area contributed by atoms with E-state index < -0.39 is 11.4 Å². The Balaban J connectivity index is 2.42. The zero-order chi connectivity index (χ0) is 10.2. The molecule has 0 amide bonds. The molecule has 2 unspecified atom stereocenters. The van der Waals surface area contributed by atoms with Crippen LogP contribution >= 0.6 is 0 Å². The number of benzene rings is 1. The molecule has 1 aliphatic rings. The Labute approximate surface area is 83.0 Å². The summed E-state index contributed by atoms with van der Waals surface area (Å²) in [5, 5.41) is 20.2. The third-order valence-corrected chi connectivity index (χ3v) is 2.87. The standard InChI is InChI=1S/C11H14O3/c1-10(12)11(13,7-8-14-10)9-5-3-2-4-6-9/h2-6,12-13H,7-8H2,1H3. The predicted octanol–water partition coefficient (Wildman–Crippen LogP) is 1.00. The SMILES string of the molecule is CC1(O)OCCC1(O)c1ccccc1. The monoisotopic (exact) mass is 194 g/mol. The lowest BCUT2D eigenvalue weighted by atomic mass is 9.85. The second-order valence-corrected chi connectivity index (χ2v) is 3.81. The first kappa shape index (κ1) is 9.65. The van der Waals surface area contributed by atoms with E-state index in [1.807, 2.05) is 18.2 Å². The second kappa shape index (κ2) is 3.05. The van der Waals surface area contributed by atoms with E-state index in [0.717, 1.165) is 0 Å². The van der Waals surface area contributed by atoms with Crippen LogP contribution in [-0.4, -0.2) is 22.6 Å². The van der Waals surface area contributed by atoms with Crippen LogP contribution < -0.4 is 0 Å². The van der Waals surface area contributed by atoms with Crippen molar-refractivity contribution in [1.29, 1.82) is 0 Å². The van der Waals surface area contributed by atoms with Crippen molar-refractivity contribution in [2.45, 2.75) is 24.7 Å². The van der Waals surface area contributed by atoms with Crippen molar-refractivity contribution in [3.05, 3.63) is 35.9 Å². The summed E-state index contributed by atoms with van der Waals surface area (Å²) in [4.78, 5) is 0. The van der Waals surface area contributed by atoms with Gasteiger partial charge in [0, 0.05) is 6.42 Å². The van der Waals surface area contributed by atoms with E-state index in [1.165, 1.54) is 6.92 Å². The van der Waals surface area contributed by atoms with Crippen LogP contribution in [-0.2, 0) is 10.3 Å². The summed E-state index contributed by atoms with van der Waals surface area (Å²) in [5.74, 6) is -1.49. The lowest BCUT2D eigenvalue weighted by Gasteiger charge is -2.33. The van der Waals surface area contributed by atoms with Gasteiger partial charge >= 0.3 is 0 Å². The van der Waals surface area contributed by atoms with E-state index in [4.69, 9.17) is 4.74 Å². The van der Waals surface area contributed by atoms with Gasteiger partial charge in [0.2, 0.25) is 0 Å². The van der Waals surface area contributed by atoms with Crippen LogP contribution in [0, 0.1) is 0 Å². The molecule has 1 aromatic carbocycles. The van der Waals surface area contributed by atoms with Gasteiger partial charge < -0.3 is 14.9 Å². The molecule has 3 heteroatoms. The van der Waals surface area contributed by atoms with Crippen molar-refractivity contribution in [3.8, 4) is 0 Å². The summed E-state index contributed by atoms with van der Waals surface area (Å²) in [5.41, 5.74) is -0.587. The van der Waals surface area contributed by atoms with Gasteiger partial charge in [0.25, 0.3) is 0 Å². The number of hydrogen-bond donors (Lipinski definition) is 2. The molecule has 1 aliphatic heterocycles. The van der Waals surface area contributed by atoms with Crippen LogP contribution in [0.1, 0.15) is 18.9 Å². The van der Waals surface area contributed by atoms with Crippen LogP contribution in [0.5, 0.6) is 0 Å². The average Bonchev–Trinajstić information content (AvgIpc) is 2.44. The molecule has 1 heterocycles. The molecule has 0 aliphatic carbocycles. The molecule has 2 rings (SSSR count). The van der Waals surface area contributed by atoms with Crippen LogP contribution in [0.15, 0.2) is 30.3 Å². The average molecular weight is 194 g/mol. The normalized spacial score (nSPS) is 37.4. The molecule has 14 heavy (non-hydrogen) atoms. The van der Waals surface area contributed by atoms with Crippen molar-refractivity contribution in [1.82, 2.24) is 0 Å². The predicted molar refractivity (Wildman–Crippen MR) is 51.5 cm³/mol. The third kappa shape index (κ3) is 1.25. The summed E-state index contributed by atoms with van der Waals surface area (Å²) in [6, 6.07) is 9.13. The fraction of sp³-hybridized carbons (Fsp3) is 0.455. The molecule has 1 saturated heterocycles. The highest BCUT2D eigenvalue weighted by molar-refractivity contribution is 5.25. The second-order valence-electron chi connectivity index (χ2n) is 3.81. The van der Waals surface area contributed by atoms with Crippen LogP contribution in [0.25, 0.3) is 0 Å². The highest BCUT2D eigenvalue weighted by Crippen LogP contribution is 2.41. The van der Waals surface area contributed by atoms with Gasteiger partial charge in [-0.2, -0.15) is 0 Å². The number of ether oxygens (including phenoxy) is 1. The molecule has 2 atom stereocenters. The molecular weight excluding hydrogens is 180 g/mol. The number of rotatable bonds is 1. The van der Waals surface area contributed by atoms with E-state index in [2.05, 4.69) is 0 Å². The molecule has 1 fully saturated rings. The van der Waals surface area contributed by atoms with E-state index in [1.54, 1.807) is 12.1 Å². The van der Waals surface area contributed by atoms with E-state index in [9.17, 15) is 10.2 Å². The zero-order valence-corrected chi connectivity index (χ0v) is 8.10. The fourth-order valence-corrected chi connectivity index (χ4v) is 1.87. The van der Waals surface area contributed by atoms with Crippen molar-refractivity contribution < 1.29 is 14.9 Å². The Bertz CT molecular complexity index is 321.